The third-order valence-corrected chi connectivity index (χ3v) is 1.73. The lowest BCUT2D eigenvalue weighted by Gasteiger charge is -2.17. The average molecular weight is 195 g/mol. The number of nitrogen functional groups attached to an aromatic ring is 1. The van der Waals surface area contributed by atoms with Crippen LogP contribution in [0.4, 0.5) is 5.95 Å². The van der Waals surface area contributed by atoms with Crippen LogP contribution in [0.1, 0.15) is 37.0 Å². The zero-order chi connectivity index (χ0) is 10.9. The van der Waals surface area contributed by atoms with Gasteiger partial charge in [0.2, 0.25) is 5.95 Å². The molecule has 0 aromatic carbocycles. The van der Waals surface area contributed by atoms with Gasteiger partial charge < -0.3 is 10.8 Å². The van der Waals surface area contributed by atoms with Gasteiger partial charge in [0.05, 0.1) is 5.69 Å². The van der Waals surface area contributed by atoms with Gasteiger partial charge in [0.25, 0.3) is 0 Å². The van der Waals surface area contributed by atoms with Crippen LogP contribution in [-0.2, 0) is 5.41 Å². The van der Waals surface area contributed by atoms with Gasteiger partial charge in [-0.15, -0.1) is 0 Å². The average Bonchev–Trinajstić information content (AvgIpc) is 2.01. The van der Waals surface area contributed by atoms with E-state index in [9.17, 15) is 4.79 Å². The summed E-state index contributed by atoms with van der Waals surface area (Å²) in [5.74, 6) is -1.10. The Morgan fingerprint density at radius 1 is 1.43 bits per heavy atom. The predicted molar refractivity (Wildman–Crippen MR) is 52.1 cm³/mol. The van der Waals surface area contributed by atoms with Crippen LogP contribution in [-0.4, -0.2) is 21.0 Å². The molecular formula is C9H13N3O2. The molecule has 1 heterocycles. The topological polar surface area (TPSA) is 89.1 Å². The number of aromatic nitrogens is 2. The Morgan fingerprint density at radius 2 is 2.00 bits per heavy atom. The van der Waals surface area contributed by atoms with E-state index >= 15 is 0 Å². The standard InChI is InChI=1S/C9H13N3O2/c1-9(2,3)6-4-5(7(13)14)11-8(10)12-6/h4H,1-3H3,(H,13,14)(H2,10,11,12). The van der Waals surface area contributed by atoms with Gasteiger partial charge in [-0.3, -0.25) is 0 Å². The van der Waals surface area contributed by atoms with E-state index in [4.69, 9.17) is 10.8 Å². The van der Waals surface area contributed by atoms with Crippen LogP contribution in [0.5, 0.6) is 0 Å². The molecule has 1 aromatic rings. The van der Waals surface area contributed by atoms with E-state index in [0.717, 1.165) is 0 Å². The van der Waals surface area contributed by atoms with E-state index in [1.54, 1.807) is 0 Å². The molecule has 0 aliphatic rings. The molecule has 0 amide bonds. The number of carboxylic acid groups (broad SMARTS) is 1. The summed E-state index contributed by atoms with van der Waals surface area (Å²) in [5, 5.41) is 8.75. The number of rotatable bonds is 1. The third-order valence-electron chi connectivity index (χ3n) is 1.73. The summed E-state index contributed by atoms with van der Waals surface area (Å²) in [6.45, 7) is 5.79. The monoisotopic (exact) mass is 195 g/mol. The summed E-state index contributed by atoms with van der Waals surface area (Å²) >= 11 is 0. The highest BCUT2D eigenvalue weighted by Gasteiger charge is 2.19. The molecule has 0 bridgehead atoms. The van der Waals surface area contributed by atoms with Gasteiger partial charge in [-0.1, -0.05) is 20.8 Å². The molecule has 5 nitrogen and oxygen atoms in total. The van der Waals surface area contributed by atoms with E-state index in [0.29, 0.717) is 5.69 Å². The Morgan fingerprint density at radius 3 is 2.43 bits per heavy atom. The molecule has 0 saturated heterocycles. The molecule has 1 rings (SSSR count). The van der Waals surface area contributed by atoms with Crippen LogP contribution in [0.15, 0.2) is 6.07 Å². The molecular weight excluding hydrogens is 182 g/mol. The van der Waals surface area contributed by atoms with Gasteiger partial charge in [0.15, 0.2) is 5.69 Å². The second-order valence-corrected chi connectivity index (χ2v) is 4.05. The molecule has 0 atom stereocenters. The van der Waals surface area contributed by atoms with Crippen LogP contribution in [0.2, 0.25) is 0 Å². The highest BCUT2D eigenvalue weighted by Crippen LogP contribution is 2.20. The lowest BCUT2D eigenvalue weighted by atomic mass is 9.91. The van der Waals surface area contributed by atoms with Gasteiger partial charge in [-0.05, 0) is 6.07 Å². The van der Waals surface area contributed by atoms with Crippen LogP contribution in [0.25, 0.3) is 0 Å². The molecule has 0 fully saturated rings. The maximum Gasteiger partial charge on any atom is 0.354 e. The number of carbonyl (C=O) groups is 1. The van der Waals surface area contributed by atoms with Crippen molar-refractivity contribution in [3.8, 4) is 0 Å². The maximum atomic E-state index is 10.7. The van der Waals surface area contributed by atoms with Crippen molar-refractivity contribution in [2.45, 2.75) is 26.2 Å². The zero-order valence-corrected chi connectivity index (χ0v) is 8.40. The fourth-order valence-corrected chi connectivity index (χ4v) is 0.960. The van der Waals surface area contributed by atoms with Gasteiger partial charge in [0, 0.05) is 5.41 Å². The molecule has 76 valence electrons. The van der Waals surface area contributed by atoms with E-state index in [1.807, 2.05) is 20.8 Å². The highest BCUT2D eigenvalue weighted by molar-refractivity contribution is 5.85. The van der Waals surface area contributed by atoms with Crippen molar-refractivity contribution < 1.29 is 9.90 Å². The van der Waals surface area contributed by atoms with Crippen molar-refractivity contribution in [3.63, 3.8) is 0 Å². The van der Waals surface area contributed by atoms with Gasteiger partial charge >= 0.3 is 5.97 Å². The van der Waals surface area contributed by atoms with Gasteiger partial charge in [0.1, 0.15) is 0 Å². The molecule has 5 heteroatoms. The number of hydrogen-bond donors (Lipinski definition) is 2. The lowest BCUT2D eigenvalue weighted by Crippen LogP contribution is -2.17. The SMILES string of the molecule is CC(C)(C)c1cc(C(=O)O)nc(N)n1. The third kappa shape index (κ3) is 2.18. The summed E-state index contributed by atoms with van der Waals surface area (Å²) in [7, 11) is 0. The quantitative estimate of drug-likeness (QED) is 0.699. The van der Waals surface area contributed by atoms with E-state index in [-0.39, 0.29) is 17.1 Å². The first-order valence-electron chi connectivity index (χ1n) is 4.19. The van der Waals surface area contributed by atoms with Gasteiger partial charge in [-0.25, -0.2) is 14.8 Å². The summed E-state index contributed by atoms with van der Waals surface area (Å²) in [5.41, 5.74) is 5.73. The maximum absolute atomic E-state index is 10.7. The first kappa shape index (κ1) is 10.4. The number of anilines is 1. The number of hydrogen-bond acceptors (Lipinski definition) is 4. The Balaban J connectivity index is 3.28. The Hall–Kier alpha value is -1.65. The molecule has 1 aromatic heterocycles. The summed E-state index contributed by atoms with van der Waals surface area (Å²) < 4.78 is 0. The molecule has 0 saturated carbocycles. The molecule has 3 N–H and O–H groups in total. The highest BCUT2D eigenvalue weighted by atomic mass is 16.4. The summed E-state index contributed by atoms with van der Waals surface area (Å²) in [4.78, 5) is 18.3. The molecule has 0 spiro atoms. The number of nitrogens with zero attached hydrogens (tertiary/aromatic N) is 2. The number of aromatic carboxylic acids is 1. The molecule has 14 heavy (non-hydrogen) atoms. The Kier molecular flexibility index (Phi) is 2.42. The summed E-state index contributed by atoms with van der Waals surface area (Å²) in [6.07, 6.45) is 0. The van der Waals surface area contributed by atoms with Crippen LogP contribution in [0.3, 0.4) is 0 Å². The first-order chi connectivity index (χ1) is 6.30. The van der Waals surface area contributed by atoms with E-state index in [2.05, 4.69) is 9.97 Å². The van der Waals surface area contributed by atoms with Crippen molar-refractivity contribution in [3.05, 3.63) is 17.5 Å². The van der Waals surface area contributed by atoms with Crippen LogP contribution in [0, 0.1) is 0 Å². The minimum atomic E-state index is -1.09. The van der Waals surface area contributed by atoms with E-state index in [1.165, 1.54) is 6.07 Å². The second kappa shape index (κ2) is 3.25. The van der Waals surface area contributed by atoms with Crippen molar-refractivity contribution in [1.29, 1.82) is 0 Å². The van der Waals surface area contributed by atoms with Crippen LogP contribution >= 0.6 is 0 Å². The number of nitrogens with two attached hydrogens (primary N) is 1. The van der Waals surface area contributed by atoms with Gasteiger partial charge in [-0.2, -0.15) is 0 Å². The number of carboxylic acids is 1. The fraction of sp³-hybridized carbons (Fsp3) is 0.444. The van der Waals surface area contributed by atoms with Crippen molar-refractivity contribution in [2.75, 3.05) is 5.73 Å². The molecule has 0 aliphatic heterocycles. The smallest absolute Gasteiger partial charge is 0.354 e. The zero-order valence-electron chi connectivity index (χ0n) is 8.40. The minimum absolute atomic E-state index is 0.00479. The van der Waals surface area contributed by atoms with Crippen LogP contribution < -0.4 is 5.73 Å². The first-order valence-corrected chi connectivity index (χ1v) is 4.19. The normalized spacial score (nSPS) is 11.4. The summed E-state index contributed by atoms with van der Waals surface area (Å²) in [6, 6.07) is 1.44. The fourth-order valence-electron chi connectivity index (χ4n) is 0.960. The van der Waals surface area contributed by atoms with Crippen molar-refractivity contribution >= 4 is 11.9 Å². The van der Waals surface area contributed by atoms with Crippen molar-refractivity contribution in [1.82, 2.24) is 9.97 Å². The van der Waals surface area contributed by atoms with E-state index < -0.39 is 5.97 Å². The minimum Gasteiger partial charge on any atom is -0.477 e. The molecule has 0 aliphatic carbocycles. The lowest BCUT2D eigenvalue weighted by molar-refractivity contribution is 0.0690. The predicted octanol–water partition coefficient (Wildman–Crippen LogP) is 1.05. The largest absolute Gasteiger partial charge is 0.477 e. The van der Waals surface area contributed by atoms with Crippen molar-refractivity contribution in [2.24, 2.45) is 0 Å². The molecule has 0 unspecified atom stereocenters. The molecule has 0 radical (unpaired) electrons. The second-order valence-electron chi connectivity index (χ2n) is 4.05. The Bertz CT molecular complexity index is 369. The Labute approximate surface area is 82.0 Å².